The summed E-state index contributed by atoms with van der Waals surface area (Å²) in [5, 5.41) is 0. The van der Waals surface area contributed by atoms with E-state index in [-0.39, 0.29) is 0 Å². The van der Waals surface area contributed by atoms with E-state index in [0.717, 1.165) is 32.7 Å². The number of anilines is 1. The molecule has 1 saturated heterocycles. The number of para-hydroxylation sites is 1. The Morgan fingerprint density at radius 2 is 1.75 bits per heavy atom. The molecule has 0 amide bonds. The van der Waals surface area contributed by atoms with Gasteiger partial charge in [-0.3, -0.25) is 4.90 Å². The third-order valence-corrected chi connectivity index (χ3v) is 3.40. The van der Waals surface area contributed by atoms with Crippen LogP contribution in [0.5, 0.6) is 0 Å². The van der Waals surface area contributed by atoms with Crippen LogP contribution in [0.25, 0.3) is 0 Å². The van der Waals surface area contributed by atoms with Gasteiger partial charge >= 0.3 is 0 Å². The lowest BCUT2D eigenvalue weighted by molar-refractivity contribution is 0.201. The normalized spacial score (nSPS) is 19.8. The first kappa shape index (κ1) is 11.4. The van der Waals surface area contributed by atoms with Gasteiger partial charge < -0.3 is 10.6 Å². The number of nitrogens with zero attached hydrogens (tertiary/aromatic N) is 2. The van der Waals surface area contributed by atoms with Crippen LogP contribution in [-0.4, -0.2) is 43.7 Å². The van der Waals surface area contributed by atoms with Gasteiger partial charge in [0, 0.05) is 44.5 Å². The van der Waals surface area contributed by atoms with E-state index in [1.54, 1.807) is 0 Å². The number of hydrogen-bond acceptors (Lipinski definition) is 3. The van der Waals surface area contributed by atoms with Gasteiger partial charge in [-0.25, -0.2) is 0 Å². The predicted octanol–water partition coefficient (Wildman–Crippen LogP) is 1.16. The van der Waals surface area contributed by atoms with Crippen LogP contribution in [0, 0.1) is 0 Å². The summed E-state index contributed by atoms with van der Waals surface area (Å²) in [6, 6.07) is 11.1. The quantitative estimate of drug-likeness (QED) is 0.828. The number of benzene rings is 1. The molecule has 0 saturated carbocycles. The maximum Gasteiger partial charge on any atom is 0.0367 e. The molecule has 0 bridgehead atoms. The molecular weight excluding hydrogens is 198 g/mol. The van der Waals surface area contributed by atoms with Crippen molar-refractivity contribution in [2.24, 2.45) is 5.73 Å². The Morgan fingerprint density at radius 1 is 1.12 bits per heavy atom. The van der Waals surface area contributed by atoms with E-state index < -0.39 is 0 Å². The second-order valence-corrected chi connectivity index (χ2v) is 4.44. The van der Waals surface area contributed by atoms with Crippen LogP contribution >= 0.6 is 0 Å². The predicted molar refractivity (Wildman–Crippen MR) is 68.7 cm³/mol. The molecular formula is C13H21N3. The van der Waals surface area contributed by atoms with Gasteiger partial charge in [0.2, 0.25) is 0 Å². The maximum atomic E-state index is 5.69. The van der Waals surface area contributed by atoms with Crippen molar-refractivity contribution in [1.82, 2.24) is 4.90 Å². The van der Waals surface area contributed by atoms with E-state index >= 15 is 0 Å². The molecule has 1 aliphatic heterocycles. The van der Waals surface area contributed by atoms with Crippen LogP contribution in [0.15, 0.2) is 30.3 Å². The number of nitrogens with two attached hydrogens (primary N) is 1. The molecule has 1 aliphatic rings. The zero-order chi connectivity index (χ0) is 11.4. The van der Waals surface area contributed by atoms with Crippen molar-refractivity contribution in [2.75, 3.05) is 37.6 Å². The largest absolute Gasteiger partial charge is 0.369 e. The van der Waals surface area contributed by atoms with Crippen LogP contribution in [0.3, 0.4) is 0 Å². The average Bonchev–Trinajstić information content (AvgIpc) is 2.39. The summed E-state index contributed by atoms with van der Waals surface area (Å²) in [5.41, 5.74) is 7.03. The van der Waals surface area contributed by atoms with Gasteiger partial charge in [-0.1, -0.05) is 18.2 Å². The van der Waals surface area contributed by atoms with E-state index in [4.69, 9.17) is 5.73 Å². The summed E-state index contributed by atoms with van der Waals surface area (Å²) < 4.78 is 0. The average molecular weight is 219 g/mol. The minimum Gasteiger partial charge on any atom is -0.369 e. The fraction of sp³-hybridized carbons (Fsp3) is 0.538. The van der Waals surface area contributed by atoms with Gasteiger partial charge in [-0.15, -0.1) is 0 Å². The van der Waals surface area contributed by atoms with Crippen LogP contribution in [0.4, 0.5) is 5.69 Å². The lowest BCUT2D eigenvalue weighted by Crippen LogP contribution is -2.51. The first-order chi connectivity index (χ1) is 7.81. The second kappa shape index (κ2) is 5.32. The molecule has 2 N–H and O–H groups in total. The molecule has 0 aliphatic carbocycles. The number of piperazine rings is 1. The Bertz CT molecular complexity index is 304. The molecule has 0 aromatic heterocycles. The van der Waals surface area contributed by atoms with Gasteiger partial charge in [-0.05, 0) is 19.1 Å². The van der Waals surface area contributed by atoms with Gasteiger partial charge in [0.05, 0.1) is 0 Å². The molecule has 0 spiro atoms. The molecule has 1 aromatic rings. The SMILES string of the molecule is C[C@@H](CN)N1CCN(c2ccccc2)CC1. The minimum absolute atomic E-state index is 0.512. The third kappa shape index (κ3) is 2.54. The number of rotatable bonds is 3. The monoisotopic (exact) mass is 219 g/mol. The van der Waals surface area contributed by atoms with Crippen LogP contribution in [0.1, 0.15) is 6.92 Å². The van der Waals surface area contributed by atoms with Crippen molar-refractivity contribution >= 4 is 5.69 Å². The van der Waals surface area contributed by atoms with Gasteiger partial charge in [0.1, 0.15) is 0 Å². The van der Waals surface area contributed by atoms with E-state index in [1.807, 2.05) is 0 Å². The van der Waals surface area contributed by atoms with E-state index in [1.165, 1.54) is 5.69 Å². The van der Waals surface area contributed by atoms with Crippen molar-refractivity contribution in [3.05, 3.63) is 30.3 Å². The molecule has 0 unspecified atom stereocenters. The Hall–Kier alpha value is -1.06. The van der Waals surface area contributed by atoms with E-state index in [0.29, 0.717) is 6.04 Å². The Kier molecular flexibility index (Phi) is 3.80. The summed E-state index contributed by atoms with van der Waals surface area (Å²) in [5.74, 6) is 0. The standard InChI is InChI=1S/C13H21N3/c1-12(11-14)15-7-9-16(10-8-15)13-5-3-2-4-6-13/h2-6,12H,7-11,14H2,1H3/t12-/m0/s1. The summed E-state index contributed by atoms with van der Waals surface area (Å²) in [4.78, 5) is 4.92. The molecule has 1 fully saturated rings. The number of hydrogen-bond donors (Lipinski definition) is 1. The molecule has 1 heterocycles. The highest BCUT2D eigenvalue weighted by Crippen LogP contribution is 2.16. The molecule has 88 valence electrons. The van der Waals surface area contributed by atoms with Crippen molar-refractivity contribution in [3.63, 3.8) is 0 Å². The summed E-state index contributed by atoms with van der Waals surface area (Å²) in [6.45, 7) is 7.41. The van der Waals surface area contributed by atoms with Crippen molar-refractivity contribution in [2.45, 2.75) is 13.0 Å². The van der Waals surface area contributed by atoms with Gasteiger partial charge in [0.15, 0.2) is 0 Å². The summed E-state index contributed by atoms with van der Waals surface area (Å²) in [6.07, 6.45) is 0. The Balaban J connectivity index is 1.91. The zero-order valence-corrected chi connectivity index (χ0v) is 9.97. The van der Waals surface area contributed by atoms with Crippen LogP contribution < -0.4 is 10.6 Å². The smallest absolute Gasteiger partial charge is 0.0367 e. The minimum atomic E-state index is 0.512. The van der Waals surface area contributed by atoms with Crippen molar-refractivity contribution < 1.29 is 0 Å². The molecule has 3 nitrogen and oxygen atoms in total. The summed E-state index contributed by atoms with van der Waals surface area (Å²) >= 11 is 0. The summed E-state index contributed by atoms with van der Waals surface area (Å²) in [7, 11) is 0. The zero-order valence-electron chi connectivity index (χ0n) is 9.97. The highest BCUT2D eigenvalue weighted by molar-refractivity contribution is 5.46. The Morgan fingerprint density at radius 3 is 2.31 bits per heavy atom. The molecule has 1 aromatic carbocycles. The van der Waals surface area contributed by atoms with Gasteiger partial charge in [0.25, 0.3) is 0 Å². The van der Waals surface area contributed by atoms with Gasteiger partial charge in [-0.2, -0.15) is 0 Å². The molecule has 3 heteroatoms. The fourth-order valence-electron chi connectivity index (χ4n) is 2.21. The topological polar surface area (TPSA) is 32.5 Å². The van der Waals surface area contributed by atoms with E-state index in [9.17, 15) is 0 Å². The first-order valence-electron chi connectivity index (χ1n) is 6.05. The fourth-order valence-corrected chi connectivity index (χ4v) is 2.21. The van der Waals surface area contributed by atoms with Crippen molar-refractivity contribution in [3.8, 4) is 0 Å². The van der Waals surface area contributed by atoms with Crippen LogP contribution in [0.2, 0.25) is 0 Å². The molecule has 16 heavy (non-hydrogen) atoms. The maximum absolute atomic E-state index is 5.69. The van der Waals surface area contributed by atoms with Crippen LogP contribution in [-0.2, 0) is 0 Å². The lowest BCUT2D eigenvalue weighted by Gasteiger charge is -2.38. The first-order valence-corrected chi connectivity index (χ1v) is 6.05. The molecule has 0 radical (unpaired) electrons. The van der Waals surface area contributed by atoms with E-state index in [2.05, 4.69) is 47.1 Å². The highest BCUT2D eigenvalue weighted by atomic mass is 15.3. The second-order valence-electron chi connectivity index (χ2n) is 4.44. The Labute approximate surface area is 97.8 Å². The molecule has 2 rings (SSSR count). The third-order valence-electron chi connectivity index (χ3n) is 3.40. The highest BCUT2D eigenvalue weighted by Gasteiger charge is 2.19. The molecule has 1 atom stereocenters. The lowest BCUT2D eigenvalue weighted by atomic mass is 10.2. The van der Waals surface area contributed by atoms with Crippen molar-refractivity contribution in [1.29, 1.82) is 0 Å².